The van der Waals surface area contributed by atoms with Gasteiger partial charge in [0.25, 0.3) is 0 Å². The predicted octanol–water partition coefficient (Wildman–Crippen LogP) is 1.92. The molecule has 1 aliphatic carbocycles. The zero-order valence-electron chi connectivity index (χ0n) is 10.2. The second-order valence-corrected chi connectivity index (χ2v) is 4.68. The van der Waals surface area contributed by atoms with Crippen molar-refractivity contribution in [2.45, 2.75) is 38.3 Å². The molecule has 0 spiro atoms. The molecule has 0 bridgehead atoms. The quantitative estimate of drug-likeness (QED) is 0.791. The minimum absolute atomic E-state index is 0.0976. The molecule has 1 fully saturated rings. The summed E-state index contributed by atoms with van der Waals surface area (Å²) in [4.78, 5) is 2.39. The maximum absolute atomic E-state index is 9.03. The molecule has 0 radical (unpaired) electrons. The Labute approximate surface area is 103 Å². The van der Waals surface area contributed by atoms with Crippen LogP contribution >= 0.6 is 0 Å². The first-order chi connectivity index (χ1) is 8.35. The van der Waals surface area contributed by atoms with Gasteiger partial charge in [-0.25, -0.2) is 0 Å². The van der Waals surface area contributed by atoms with E-state index < -0.39 is 0 Å². The lowest BCUT2D eigenvalue weighted by atomic mass is 9.91. The number of hydrogen-bond acceptors (Lipinski definition) is 3. The van der Waals surface area contributed by atoms with Crippen LogP contribution in [0.5, 0.6) is 0 Å². The van der Waals surface area contributed by atoms with E-state index in [0.29, 0.717) is 6.04 Å². The van der Waals surface area contributed by atoms with Gasteiger partial charge in [0.15, 0.2) is 0 Å². The maximum Gasteiger partial charge on any atom is 0.0681 e. The molecule has 0 heterocycles. The Hall–Kier alpha value is -1.06. The Balaban J connectivity index is 2.06. The molecule has 0 unspecified atom stereocenters. The van der Waals surface area contributed by atoms with Crippen molar-refractivity contribution in [3.05, 3.63) is 29.8 Å². The molecule has 17 heavy (non-hydrogen) atoms. The van der Waals surface area contributed by atoms with E-state index in [9.17, 15) is 0 Å². The van der Waals surface area contributed by atoms with Crippen molar-refractivity contribution in [2.75, 3.05) is 18.1 Å². The second kappa shape index (κ2) is 6.03. The summed E-state index contributed by atoms with van der Waals surface area (Å²) in [5.41, 5.74) is 2.16. The van der Waals surface area contributed by atoms with Crippen LogP contribution in [0.15, 0.2) is 24.3 Å². The molecular weight excluding hydrogens is 214 g/mol. The highest BCUT2D eigenvalue weighted by Crippen LogP contribution is 2.29. The second-order valence-electron chi connectivity index (χ2n) is 4.68. The van der Waals surface area contributed by atoms with E-state index in [-0.39, 0.29) is 13.2 Å². The van der Waals surface area contributed by atoms with Crippen LogP contribution in [0.1, 0.15) is 31.2 Å². The van der Waals surface area contributed by atoms with Crippen molar-refractivity contribution in [2.24, 2.45) is 0 Å². The highest BCUT2D eigenvalue weighted by molar-refractivity contribution is 5.49. The van der Waals surface area contributed by atoms with Crippen LogP contribution in [0.3, 0.4) is 0 Å². The molecule has 94 valence electrons. The van der Waals surface area contributed by atoms with E-state index in [1.807, 2.05) is 12.1 Å². The molecule has 3 nitrogen and oxygen atoms in total. The van der Waals surface area contributed by atoms with Crippen LogP contribution in [0.2, 0.25) is 0 Å². The van der Waals surface area contributed by atoms with E-state index >= 15 is 0 Å². The van der Waals surface area contributed by atoms with Gasteiger partial charge < -0.3 is 15.1 Å². The maximum atomic E-state index is 9.03. The number of aliphatic hydroxyl groups excluding tert-OH is 2. The molecule has 2 rings (SSSR count). The first-order valence-corrected chi connectivity index (χ1v) is 6.42. The fraction of sp³-hybridized carbons (Fsp3) is 0.571. The zero-order valence-corrected chi connectivity index (χ0v) is 10.2. The van der Waals surface area contributed by atoms with E-state index in [0.717, 1.165) is 18.5 Å². The molecule has 0 aliphatic heterocycles. The summed E-state index contributed by atoms with van der Waals surface area (Å²) in [6.07, 6.45) is 4.65. The Kier molecular flexibility index (Phi) is 4.40. The number of anilines is 1. The van der Waals surface area contributed by atoms with Crippen molar-refractivity contribution in [3.63, 3.8) is 0 Å². The number of rotatable bonds is 6. The van der Waals surface area contributed by atoms with Crippen molar-refractivity contribution >= 4 is 5.69 Å². The summed E-state index contributed by atoms with van der Waals surface area (Å²) < 4.78 is 0. The Morgan fingerprint density at radius 1 is 1.12 bits per heavy atom. The van der Waals surface area contributed by atoms with Gasteiger partial charge in [0.1, 0.15) is 0 Å². The molecule has 0 amide bonds. The van der Waals surface area contributed by atoms with Crippen molar-refractivity contribution < 1.29 is 10.2 Å². The van der Waals surface area contributed by atoms with Gasteiger partial charge in [-0.1, -0.05) is 12.1 Å². The fourth-order valence-electron chi connectivity index (χ4n) is 2.25. The molecule has 1 aromatic carbocycles. The highest BCUT2D eigenvalue weighted by atomic mass is 16.3. The predicted molar refractivity (Wildman–Crippen MR) is 69.1 cm³/mol. The minimum atomic E-state index is 0.0976. The van der Waals surface area contributed by atoms with Crippen molar-refractivity contribution in [3.8, 4) is 0 Å². The Bertz CT molecular complexity index is 333. The van der Waals surface area contributed by atoms with Crippen LogP contribution < -0.4 is 4.90 Å². The zero-order chi connectivity index (χ0) is 12.1. The summed E-state index contributed by atoms with van der Waals surface area (Å²) in [5, 5.41) is 18.0. The fourth-order valence-corrected chi connectivity index (χ4v) is 2.25. The van der Waals surface area contributed by atoms with Crippen molar-refractivity contribution in [1.82, 2.24) is 0 Å². The summed E-state index contributed by atoms with van der Waals surface area (Å²) >= 11 is 0. The molecule has 1 saturated carbocycles. The number of aliphatic hydroxyl groups is 2. The third-order valence-corrected chi connectivity index (χ3v) is 3.52. The van der Waals surface area contributed by atoms with Gasteiger partial charge in [-0.15, -0.1) is 0 Å². The van der Waals surface area contributed by atoms with Crippen LogP contribution in [0, 0.1) is 0 Å². The molecule has 3 heteroatoms. The number of benzene rings is 1. The summed E-state index contributed by atoms with van der Waals surface area (Å²) in [6, 6.07) is 8.73. The van der Waals surface area contributed by atoms with E-state index in [1.165, 1.54) is 24.9 Å². The summed E-state index contributed by atoms with van der Waals surface area (Å²) in [7, 11) is 0. The average molecular weight is 235 g/mol. The number of nitrogens with zero attached hydrogens (tertiary/aromatic N) is 1. The lowest BCUT2D eigenvalue weighted by Gasteiger charge is -2.39. The first kappa shape index (κ1) is 12.4. The van der Waals surface area contributed by atoms with Crippen LogP contribution in [-0.2, 0) is 6.61 Å². The van der Waals surface area contributed by atoms with Crippen LogP contribution in [0.4, 0.5) is 5.69 Å². The van der Waals surface area contributed by atoms with Gasteiger partial charge >= 0.3 is 0 Å². The van der Waals surface area contributed by atoms with Gasteiger partial charge in [-0.05, 0) is 43.4 Å². The standard InChI is InChI=1S/C14H21NO2/c16-10-2-9-15(13-3-1-4-13)14-7-5-12(11-17)6-8-14/h5-8,13,16-17H,1-4,9-11H2. The van der Waals surface area contributed by atoms with Gasteiger partial charge in [0, 0.05) is 24.9 Å². The summed E-state index contributed by atoms with van der Waals surface area (Å²) in [6.45, 7) is 1.26. The molecule has 1 aliphatic rings. The van der Waals surface area contributed by atoms with Gasteiger partial charge in [0.2, 0.25) is 0 Å². The molecular formula is C14H21NO2. The minimum Gasteiger partial charge on any atom is -0.396 e. The normalized spacial score (nSPS) is 15.6. The average Bonchev–Trinajstić information content (AvgIpc) is 2.32. The van der Waals surface area contributed by atoms with Gasteiger partial charge in [0.05, 0.1) is 6.61 Å². The molecule has 0 atom stereocenters. The lowest BCUT2D eigenvalue weighted by molar-refractivity contribution is 0.281. The van der Waals surface area contributed by atoms with E-state index in [4.69, 9.17) is 10.2 Å². The van der Waals surface area contributed by atoms with E-state index in [2.05, 4.69) is 17.0 Å². The lowest BCUT2D eigenvalue weighted by Crippen LogP contribution is -2.41. The molecule has 0 aromatic heterocycles. The summed E-state index contributed by atoms with van der Waals surface area (Å²) in [5.74, 6) is 0. The van der Waals surface area contributed by atoms with Gasteiger partial charge in [-0.3, -0.25) is 0 Å². The number of hydrogen-bond donors (Lipinski definition) is 2. The smallest absolute Gasteiger partial charge is 0.0681 e. The SMILES string of the molecule is OCCCN(c1ccc(CO)cc1)C1CCC1. The van der Waals surface area contributed by atoms with E-state index in [1.54, 1.807) is 0 Å². The molecule has 0 saturated heterocycles. The molecule has 2 N–H and O–H groups in total. The Morgan fingerprint density at radius 2 is 1.82 bits per heavy atom. The van der Waals surface area contributed by atoms with Crippen LogP contribution in [0.25, 0.3) is 0 Å². The third-order valence-electron chi connectivity index (χ3n) is 3.52. The van der Waals surface area contributed by atoms with Crippen molar-refractivity contribution in [1.29, 1.82) is 0 Å². The monoisotopic (exact) mass is 235 g/mol. The van der Waals surface area contributed by atoms with Gasteiger partial charge in [-0.2, -0.15) is 0 Å². The third kappa shape index (κ3) is 2.99. The Morgan fingerprint density at radius 3 is 2.29 bits per heavy atom. The first-order valence-electron chi connectivity index (χ1n) is 6.42. The highest BCUT2D eigenvalue weighted by Gasteiger charge is 2.24. The largest absolute Gasteiger partial charge is 0.396 e. The molecule has 1 aromatic rings. The topological polar surface area (TPSA) is 43.7 Å². The van der Waals surface area contributed by atoms with Crippen LogP contribution in [-0.4, -0.2) is 29.4 Å².